The van der Waals surface area contributed by atoms with Gasteiger partial charge in [-0.05, 0) is 33.2 Å². The highest BCUT2D eigenvalue weighted by molar-refractivity contribution is 5.72. The molecular weight excluding hydrogens is 1470 g/mol. The summed E-state index contributed by atoms with van der Waals surface area (Å²) in [5.74, 6) is 0.444. The molecule has 109 heavy (non-hydrogen) atoms. The lowest BCUT2D eigenvalue weighted by Crippen LogP contribution is -1.95. The first-order valence-electron chi connectivity index (χ1n) is 27.0. The lowest BCUT2D eigenvalue weighted by molar-refractivity contribution is -0.137. The van der Waals surface area contributed by atoms with Crippen molar-refractivity contribution in [3.05, 3.63) is 125 Å². The molecule has 17 N–H and O–H groups in total. The Labute approximate surface area is 611 Å². The summed E-state index contributed by atoms with van der Waals surface area (Å²) >= 11 is 0. The van der Waals surface area contributed by atoms with E-state index in [1.807, 2.05) is 35.5 Å². The second-order valence-electron chi connectivity index (χ2n) is 14.5. The molecular formula is C52H69N33O24. The third kappa shape index (κ3) is 230. The number of terminal acetylenes is 6. The van der Waals surface area contributed by atoms with Crippen LogP contribution in [0.25, 0.3) is 62.7 Å². The van der Waals surface area contributed by atoms with Crippen LogP contribution in [0.4, 0.5) is 0 Å². The molecule has 0 unspecified atom stereocenters. The number of aliphatic carboxylic acids is 12. The van der Waals surface area contributed by atoms with E-state index in [1.54, 1.807) is 62.0 Å². The second kappa shape index (κ2) is 115. The van der Waals surface area contributed by atoms with Gasteiger partial charge in [0, 0.05) is 68.7 Å². The smallest absolute Gasteiger partial charge is 0.315 e. The average molecular weight is 1540 g/mol. The van der Waals surface area contributed by atoms with Crippen LogP contribution in [0.2, 0.25) is 0 Å². The molecule has 586 valence electrons. The van der Waals surface area contributed by atoms with Gasteiger partial charge in [-0.15, -0.1) is 38.5 Å². The Morgan fingerprint density at radius 3 is 0.376 bits per heavy atom. The third-order valence-corrected chi connectivity index (χ3v) is 6.11. The fraction of sp³-hybridized carbons (Fsp3) is 0.346. The van der Waals surface area contributed by atoms with E-state index in [4.69, 9.17) is 94.5 Å². The zero-order chi connectivity index (χ0) is 86.1. The number of rotatable bonds is 24. The molecule has 0 saturated heterocycles. The molecule has 5 aromatic rings. The lowest BCUT2D eigenvalue weighted by atomic mass is 10.4. The number of nitrogens with zero attached hydrogens (tertiary/aromatic N) is 28. The number of nitrogens with one attached hydrogen (secondary N) is 5. The van der Waals surface area contributed by atoms with Crippen LogP contribution in [0.5, 0.6) is 0 Å². The molecule has 5 aromatic heterocycles. The van der Waals surface area contributed by atoms with Crippen molar-refractivity contribution in [2.75, 3.05) is 39.3 Å². The summed E-state index contributed by atoms with van der Waals surface area (Å²) in [5, 5.41) is 159. The molecule has 0 aliphatic rings. The summed E-state index contributed by atoms with van der Waals surface area (Å²) in [4.78, 5) is 129. The molecule has 0 fully saturated rings. The summed E-state index contributed by atoms with van der Waals surface area (Å²) < 4.78 is 0. The van der Waals surface area contributed by atoms with Crippen molar-refractivity contribution in [1.82, 2.24) is 77.1 Å². The van der Waals surface area contributed by atoms with E-state index < -0.39 is 71.6 Å². The summed E-state index contributed by atoms with van der Waals surface area (Å²) in [6.45, 7) is 0.201. The minimum atomic E-state index is -0.947. The summed E-state index contributed by atoms with van der Waals surface area (Å²) in [6, 6.07) is 0. The van der Waals surface area contributed by atoms with Crippen molar-refractivity contribution in [2.24, 2.45) is 30.7 Å². The first-order chi connectivity index (χ1) is 51.7. The summed E-state index contributed by atoms with van der Waals surface area (Å²) in [6.07, 6.45) is 41.8. The van der Waals surface area contributed by atoms with Crippen LogP contribution in [0.1, 0.15) is 77.0 Å². The molecule has 0 aliphatic heterocycles. The van der Waals surface area contributed by atoms with Crippen LogP contribution in [0.15, 0.2) is 92.7 Å². The monoisotopic (exact) mass is 1540 g/mol. The van der Waals surface area contributed by atoms with E-state index in [9.17, 15) is 57.5 Å². The number of carboxylic acids is 12. The molecule has 5 rings (SSSR count). The van der Waals surface area contributed by atoms with Crippen molar-refractivity contribution in [3.8, 4) is 74.1 Å². The van der Waals surface area contributed by atoms with E-state index >= 15 is 0 Å². The van der Waals surface area contributed by atoms with E-state index in [1.165, 1.54) is 0 Å². The molecule has 0 spiro atoms. The normalized spacial score (nSPS) is 7.28. The van der Waals surface area contributed by atoms with Gasteiger partial charge in [-0.1, -0.05) is 66.2 Å². The van der Waals surface area contributed by atoms with Crippen molar-refractivity contribution in [3.63, 3.8) is 0 Å². The number of hydrogen-bond acceptors (Lipinski definition) is 28. The van der Waals surface area contributed by atoms with Crippen LogP contribution >= 0.6 is 0 Å². The summed E-state index contributed by atoms with van der Waals surface area (Å²) in [7, 11) is 0. The van der Waals surface area contributed by atoms with Gasteiger partial charge in [0.05, 0.1) is 100 Å². The molecule has 0 aliphatic carbocycles. The predicted molar refractivity (Wildman–Crippen MR) is 366 cm³/mol. The van der Waals surface area contributed by atoms with Crippen LogP contribution in [-0.4, -0.2) is 249 Å². The van der Waals surface area contributed by atoms with Gasteiger partial charge in [-0.3, -0.25) is 57.5 Å². The zero-order valence-corrected chi connectivity index (χ0v) is 56.3. The Hall–Kier alpha value is -17.4. The van der Waals surface area contributed by atoms with E-state index in [0.717, 1.165) is 0 Å². The molecule has 57 heteroatoms. The number of hydrogen-bond donors (Lipinski definition) is 17. The number of carbonyl (C=O) groups is 12. The minimum absolute atomic E-state index is 0.0336. The molecule has 0 radical (unpaired) electrons. The first kappa shape index (κ1) is 119. The lowest BCUT2D eigenvalue weighted by Gasteiger charge is -1.81. The number of azide groups is 6. The van der Waals surface area contributed by atoms with Crippen LogP contribution < -0.4 is 0 Å². The fourth-order valence-corrected chi connectivity index (χ4v) is 2.50. The number of aromatic amines is 5. The Morgan fingerprint density at radius 1 is 0.239 bits per heavy atom. The highest BCUT2D eigenvalue weighted by Crippen LogP contribution is 1.84. The molecule has 0 aromatic carbocycles. The fourth-order valence-electron chi connectivity index (χ4n) is 2.50. The largest absolute Gasteiger partial charge is 0.481 e. The van der Waals surface area contributed by atoms with Gasteiger partial charge in [0.2, 0.25) is 0 Å². The molecule has 0 amide bonds. The number of aromatic nitrogens is 15. The maximum absolute atomic E-state index is 9.69. The number of carboxylic acid groups (broad SMARTS) is 12. The molecule has 5 heterocycles. The Balaban J connectivity index is -0.0000000919. The van der Waals surface area contributed by atoms with Crippen LogP contribution in [0.3, 0.4) is 0 Å². The van der Waals surface area contributed by atoms with Crippen LogP contribution in [0, 0.1) is 74.1 Å². The zero-order valence-electron chi connectivity index (χ0n) is 56.3. The maximum Gasteiger partial charge on any atom is 0.315 e. The SMILES string of the molecule is C#CCC(=O)O.C#CCC(=O)O.C#CCC(=O)O.C#CCC(=O)O.C#CCC(=O)O.C#CCC(=O)O.[N-]=[N+]=NCCC(=O)O.[N-]=[N+]=NCCC(=O)O.[N-]=[N+]=NCCC(=O)O.[N-]=[N+]=NCCC(=O)O.[N-]=[N+]=NCCC(=O)O.[N-]=[N+]=NCCC(=O)O.c1cn[nH]n1.c1cn[nH]n1.c1cn[nH]n1.c1cn[nH]n1.c1cn[nH]n1. The standard InChI is InChI=1S/6C4H4O2.6C3H5N3O2.5C2H3N3/c6*1-2-3-4(5)6;6*4-6-5-2-1-3(7)8;5*1-2-4-5-3-1/h6*1H,3H2,(H,5,6);6*1-2H2,(H,7,8);5*1-2H,(H,3,4,5). The van der Waals surface area contributed by atoms with Crippen molar-refractivity contribution in [2.45, 2.75) is 77.0 Å². The topological polar surface area (TPSA) is 948 Å². The average Bonchev–Trinajstić information content (AvgIpc) is 3.61. The van der Waals surface area contributed by atoms with Gasteiger partial charge in [0.1, 0.15) is 38.5 Å². The van der Waals surface area contributed by atoms with E-state index in [-0.39, 0.29) is 116 Å². The van der Waals surface area contributed by atoms with Gasteiger partial charge in [0.15, 0.2) is 0 Å². The maximum atomic E-state index is 9.69. The highest BCUT2D eigenvalue weighted by atomic mass is 16.4. The number of H-pyrrole nitrogens is 5. The Kier molecular flexibility index (Phi) is 125. The second-order valence-corrected chi connectivity index (χ2v) is 14.5. The summed E-state index contributed by atoms with van der Waals surface area (Å²) in [5.41, 5.74) is 45.9. The van der Waals surface area contributed by atoms with Gasteiger partial charge in [-0.25, -0.2) is 0 Å². The van der Waals surface area contributed by atoms with Gasteiger partial charge < -0.3 is 61.3 Å². The van der Waals surface area contributed by atoms with Crippen LogP contribution in [-0.2, 0) is 57.5 Å². The van der Waals surface area contributed by atoms with Gasteiger partial charge >= 0.3 is 71.6 Å². The molecule has 57 nitrogen and oxygen atoms in total. The predicted octanol–water partition coefficient (Wildman–Crippen LogP) is 4.22. The third-order valence-electron chi connectivity index (χ3n) is 6.11. The Morgan fingerprint density at radius 2 is 0.339 bits per heavy atom. The quantitative estimate of drug-likeness (QED) is 0.0178. The van der Waals surface area contributed by atoms with Gasteiger partial charge in [-0.2, -0.15) is 77.1 Å². The van der Waals surface area contributed by atoms with Crippen molar-refractivity contribution < 1.29 is 119 Å². The van der Waals surface area contributed by atoms with E-state index in [0.29, 0.717) is 0 Å². The van der Waals surface area contributed by atoms with Gasteiger partial charge in [0.25, 0.3) is 0 Å². The molecule has 0 saturated carbocycles. The first-order valence-corrected chi connectivity index (χ1v) is 27.0. The Bertz CT molecular complexity index is 2970. The molecule has 0 bridgehead atoms. The van der Waals surface area contributed by atoms with Crippen molar-refractivity contribution >= 4 is 71.6 Å². The highest BCUT2D eigenvalue weighted by Gasteiger charge is 1.95. The molecule has 0 atom stereocenters. The minimum Gasteiger partial charge on any atom is -0.481 e. The van der Waals surface area contributed by atoms with Crippen molar-refractivity contribution in [1.29, 1.82) is 0 Å². The van der Waals surface area contributed by atoms with E-state index in [2.05, 4.69) is 176 Å².